The van der Waals surface area contributed by atoms with Crippen LogP contribution in [-0.4, -0.2) is 39.0 Å². The number of sulfonamides is 1. The summed E-state index contributed by atoms with van der Waals surface area (Å²) >= 11 is 5.97. The van der Waals surface area contributed by atoms with Crippen molar-refractivity contribution in [3.63, 3.8) is 0 Å². The van der Waals surface area contributed by atoms with Crippen LogP contribution in [0.3, 0.4) is 0 Å². The van der Waals surface area contributed by atoms with Crippen LogP contribution in [0.15, 0.2) is 52.9 Å². The standard InChI is InChI=1S/C22H23ClN2O6S/c1-13(2)25-32(28,29)19-7-5-18(6-8-19)24-21(26)14(3)31-22(27)16-10-15-11-17(23)4-9-20(15)30-12-16/h4-11,13-14,25H,12H2,1-3H3,(H,24,26). The Kier molecular flexibility index (Phi) is 7.22. The average molecular weight is 479 g/mol. The third kappa shape index (κ3) is 5.87. The van der Waals surface area contributed by atoms with Crippen LogP contribution in [-0.2, 0) is 24.3 Å². The van der Waals surface area contributed by atoms with Gasteiger partial charge in [0, 0.05) is 22.3 Å². The normalized spacial score (nSPS) is 14.1. The molecule has 1 unspecified atom stereocenters. The molecule has 3 rings (SSSR count). The lowest BCUT2D eigenvalue weighted by molar-refractivity contribution is -0.149. The lowest BCUT2D eigenvalue weighted by Crippen LogP contribution is -2.31. The largest absolute Gasteiger partial charge is 0.488 e. The zero-order chi connectivity index (χ0) is 23.5. The number of nitrogens with one attached hydrogen (secondary N) is 2. The fourth-order valence-corrected chi connectivity index (χ4v) is 4.33. The molecule has 0 aromatic heterocycles. The van der Waals surface area contributed by atoms with E-state index in [1.807, 2.05) is 0 Å². The van der Waals surface area contributed by atoms with E-state index in [2.05, 4.69) is 10.0 Å². The van der Waals surface area contributed by atoms with Gasteiger partial charge in [-0.15, -0.1) is 0 Å². The number of carbonyl (C=O) groups is 2. The lowest BCUT2D eigenvalue weighted by atomic mass is 10.1. The molecule has 32 heavy (non-hydrogen) atoms. The minimum absolute atomic E-state index is 0.0160. The van der Waals surface area contributed by atoms with Gasteiger partial charge in [0.2, 0.25) is 10.0 Å². The third-order valence-electron chi connectivity index (χ3n) is 4.42. The number of anilines is 1. The van der Waals surface area contributed by atoms with Crippen LogP contribution in [0.25, 0.3) is 6.08 Å². The summed E-state index contributed by atoms with van der Waals surface area (Å²) in [5.41, 5.74) is 1.27. The number of amides is 1. The average Bonchev–Trinajstić information content (AvgIpc) is 2.72. The van der Waals surface area contributed by atoms with E-state index < -0.39 is 28.0 Å². The molecule has 2 aromatic carbocycles. The summed E-state index contributed by atoms with van der Waals surface area (Å²) in [6, 6.07) is 10.5. The summed E-state index contributed by atoms with van der Waals surface area (Å²) in [6.45, 7) is 4.90. The van der Waals surface area contributed by atoms with E-state index in [4.69, 9.17) is 21.1 Å². The van der Waals surface area contributed by atoms with Crippen molar-refractivity contribution in [2.45, 2.75) is 37.8 Å². The Labute approximate surface area is 191 Å². The van der Waals surface area contributed by atoms with Gasteiger partial charge in [0.1, 0.15) is 12.4 Å². The van der Waals surface area contributed by atoms with Gasteiger partial charge in [0.25, 0.3) is 5.91 Å². The number of ether oxygens (including phenoxy) is 2. The number of benzene rings is 2. The second-order valence-corrected chi connectivity index (χ2v) is 9.63. The van der Waals surface area contributed by atoms with Crippen molar-refractivity contribution >= 4 is 45.3 Å². The van der Waals surface area contributed by atoms with Crippen molar-refractivity contribution in [3.8, 4) is 5.75 Å². The Balaban J connectivity index is 1.61. The predicted octanol–water partition coefficient (Wildman–Crippen LogP) is 3.37. The molecule has 0 saturated carbocycles. The molecular weight excluding hydrogens is 456 g/mol. The molecule has 10 heteroatoms. The van der Waals surface area contributed by atoms with Crippen LogP contribution < -0.4 is 14.8 Å². The molecule has 0 aliphatic carbocycles. The Morgan fingerprint density at radius 1 is 1.09 bits per heavy atom. The van der Waals surface area contributed by atoms with Crippen molar-refractivity contribution in [3.05, 3.63) is 58.6 Å². The molecule has 1 atom stereocenters. The molecule has 0 radical (unpaired) electrons. The van der Waals surface area contributed by atoms with Crippen LogP contribution in [0.4, 0.5) is 5.69 Å². The zero-order valence-electron chi connectivity index (χ0n) is 17.7. The first-order valence-corrected chi connectivity index (χ1v) is 11.7. The molecule has 0 saturated heterocycles. The van der Waals surface area contributed by atoms with Crippen molar-refractivity contribution in [1.82, 2.24) is 4.72 Å². The quantitative estimate of drug-likeness (QED) is 0.590. The smallest absolute Gasteiger partial charge is 0.338 e. The van der Waals surface area contributed by atoms with Gasteiger partial charge in [-0.1, -0.05) is 11.6 Å². The fraction of sp³-hybridized carbons (Fsp3) is 0.273. The maximum Gasteiger partial charge on any atom is 0.338 e. The number of esters is 1. The Bertz CT molecular complexity index is 1160. The van der Waals surface area contributed by atoms with Crippen molar-refractivity contribution in [2.24, 2.45) is 0 Å². The van der Waals surface area contributed by atoms with Crippen LogP contribution in [0.1, 0.15) is 26.3 Å². The summed E-state index contributed by atoms with van der Waals surface area (Å²) in [5.74, 6) is -0.639. The molecule has 1 amide bonds. The maximum atomic E-state index is 12.4. The predicted molar refractivity (Wildman–Crippen MR) is 121 cm³/mol. The summed E-state index contributed by atoms with van der Waals surface area (Å²) in [5, 5.41) is 3.10. The van der Waals surface area contributed by atoms with Gasteiger partial charge in [-0.25, -0.2) is 17.9 Å². The molecule has 2 N–H and O–H groups in total. The summed E-state index contributed by atoms with van der Waals surface area (Å²) < 4.78 is 37.6. The van der Waals surface area contributed by atoms with Crippen molar-refractivity contribution in [1.29, 1.82) is 0 Å². The number of fused-ring (bicyclic) bond motifs is 1. The second kappa shape index (κ2) is 9.72. The highest BCUT2D eigenvalue weighted by Crippen LogP contribution is 2.29. The molecule has 2 aromatic rings. The minimum Gasteiger partial charge on any atom is -0.488 e. The van der Waals surface area contributed by atoms with E-state index >= 15 is 0 Å². The highest BCUT2D eigenvalue weighted by atomic mass is 35.5. The number of carbonyl (C=O) groups excluding carboxylic acids is 2. The zero-order valence-corrected chi connectivity index (χ0v) is 19.3. The first-order chi connectivity index (χ1) is 15.0. The molecule has 8 nitrogen and oxygen atoms in total. The van der Waals surface area contributed by atoms with Gasteiger partial charge in [-0.05, 0) is 69.3 Å². The molecule has 1 aliphatic rings. The molecule has 1 heterocycles. The third-order valence-corrected chi connectivity index (χ3v) is 6.33. The van der Waals surface area contributed by atoms with E-state index in [0.29, 0.717) is 22.0 Å². The second-order valence-electron chi connectivity index (χ2n) is 7.48. The monoisotopic (exact) mass is 478 g/mol. The number of hydrogen-bond donors (Lipinski definition) is 2. The van der Waals surface area contributed by atoms with E-state index in [0.717, 1.165) is 0 Å². The van der Waals surface area contributed by atoms with Crippen LogP contribution in [0.5, 0.6) is 5.75 Å². The highest BCUT2D eigenvalue weighted by Gasteiger charge is 2.24. The SMILES string of the molecule is CC(C)NS(=O)(=O)c1ccc(NC(=O)C(C)OC(=O)C2=Cc3cc(Cl)ccc3OC2)cc1. The Morgan fingerprint density at radius 2 is 1.78 bits per heavy atom. The number of rotatable bonds is 7. The van der Waals surface area contributed by atoms with E-state index in [-0.39, 0.29) is 23.1 Å². The Morgan fingerprint density at radius 3 is 2.44 bits per heavy atom. The Hall–Kier alpha value is -2.88. The number of hydrogen-bond acceptors (Lipinski definition) is 6. The van der Waals surface area contributed by atoms with Crippen molar-refractivity contribution < 1.29 is 27.5 Å². The van der Waals surface area contributed by atoms with Gasteiger partial charge >= 0.3 is 5.97 Å². The summed E-state index contributed by atoms with van der Waals surface area (Å²) in [4.78, 5) is 24.9. The fourth-order valence-electron chi connectivity index (χ4n) is 2.90. The topological polar surface area (TPSA) is 111 Å². The van der Waals surface area contributed by atoms with Crippen LogP contribution in [0, 0.1) is 0 Å². The van der Waals surface area contributed by atoms with Gasteiger partial charge in [0.05, 0.1) is 10.5 Å². The molecule has 0 spiro atoms. The maximum absolute atomic E-state index is 12.4. The first-order valence-electron chi connectivity index (χ1n) is 9.82. The highest BCUT2D eigenvalue weighted by molar-refractivity contribution is 7.89. The van der Waals surface area contributed by atoms with Crippen molar-refractivity contribution in [2.75, 3.05) is 11.9 Å². The van der Waals surface area contributed by atoms with Gasteiger partial charge in [-0.3, -0.25) is 4.79 Å². The van der Waals surface area contributed by atoms with Crippen LogP contribution in [0.2, 0.25) is 5.02 Å². The lowest BCUT2D eigenvalue weighted by Gasteiger charge is -2.19. The summed E-state index contributed by atoms with van der Waals surface area (Å²) in [7, 11) is -3.63. The van der Waals surface area contributed by atoms with Crippen LogP contribution >= 0.6 is 11.6 Å². The first kappa shape index (κ1) is 23.8. The number of halogens is 1. The van der Waals surface area contributed by atoms with E-state index in [1.165, 1.54) is 31.2 Å². The molecule has 0 fully saturated rings. The molecule has 170 valence electrons. The molecule has 1 aliphatic heterocycles. The minimum atomic E-state index is -3.63. The van der Waals surface area contributed by atoms with Gasteiger partial charge < -0.3 is 14.8 Å². The molecule has 0 bridgehead atoms. The summed E-state index contributed by atoms with van der Waals surface area (Å²) in [6.07, 6.45) is 0.525. The van der Waals surface area contributed by atoms with Gasteiger partial charge in [-0.2, -0.15) is 0 Å². The molecular formula is C22H23ClN2O6S. The van der Waals surface area contributed by atoms with E-state index in [9.17, 15) is 18.0 Å². The van der Waals surface area contributed by atoms with E-state index in [1.54, 1.807) is 38.1 Å². The van der Waals surface area contributed by atoms with Gasteiger partial charge in [0.15, 0.2) is 6.10 Å².